The van der Waals surface area contributed by atoms with Crippen molar-refractivity contribution in [3.05, 3.63) is 82.3 Å². The van der Waals surface area contributed by atoms with Gasteiger partial charge < -0.3 is 5.32 Å². The van der Waals surface area contributed by atoms with Crippen LogP contribution in [0.3, 0.4) is 0 Å². The van der Waals surface area contributed by atoms with Crippen molar-refractivity contribution in [2.45, 2.75) is 39.7 Å². The molecule has 2 aromatic heterocycles. The van der Waals surface area contributed by atoms with Crippen molar-refractivity contribution >= 4 is 40.0 Å². The first-order chi connectivity index (χ1) is 15.7. The lowest BCUT2D eigenvalue weighted by atomic mass is 9.90. The summed E-state index contributed by atoms with van der Waals surface area (Å²) in [5, 5.41) is 2.88. The van der Waals surface area contributed by atoms with E-state index in [0.717, 1.165) is 28.3 Å². The van der Waals surface area contributed by atoms with E-state index in [9.17, 15) is 8.78 Å². The van der Waals surface area contributed by atoms with Crippen molar-refractivity contribution in [3.8, 4) is 0 Å². The molecule has 1 N–H and O–H groups in total. The molecule has 2 heterocycles. The molecule has 1 aromatic carbocycles. The molecule has 3 rings (SSSR count). The number of aliphatic imine (C=N–C) groups is 1. The van der Waals surface area contributed by atoms with Crippen LogP contribution in [0.1, 0.15) is 50.4 Å². The van der Waals surface area contributed by atoms with Crippen molar-refractivity contribution in [1.29, 1.82) is 0 Å². The van der Waals surface area contributed by atoms with Gasteiger partial charge >= 0.3 is 0 Å². The molecule has 0 saturated heterocycles. The van der Waals surface area contributed by atoms with Gasteiger partial charge in [-0.25, -0.2) is 13.8 Å². The van der Waals surface area contributed by atoms with Gasteiger partial charge in [0, 0.05) is 54.8 Å². The fraction of sp³-hybridized carbons (Fsp3) is 0.269. The maximum Gasteiger partial charge on any atom is 0.144 e. The van der Waals surface area contributed by atoms with Crippen molar-refractivity contribution in [1.82, 2.24) is 15.3 Å². The number of nitrogens with one attached hydrogen (secondary N) is 1. The van der Waals surface area contributed by atoms with Gasteiger partial charge in [-0.2, -0.15) is 0 Å². The minimum absolute atomic E-state index is 0.121. The molecule has 0 radical (unpaired) electrons. The smallest absolute Gasteiger partial charge is 0.144 e. The first-order valence-corrected chi connectivity index (χ1v) is 11.1. The first kappa shape index (κ1) is 24.5. The molecule has 0 amide bonds. The second-order valence-corrected chi connectivity index (χ2v) is 8.38. The number of hydrogen-bond acceptors (Lipinski definition) is 4. The molecule has 0 aliphatic carbocycles. The third-order valence-electron chi connectivity index (χ3n) is 5.26. The molecule has 0 aliphatic rings. The Labute approximate surface area is 198 Å². The van der Waals surface area contributed by atoms with E-state index in [1.807, 2.05) is 58.2 Å². The summed E-state index contributed by atoms with van der Waals surface area (Å²) in [4.78, 5) is 13.8. The summed E-state index contributed by atoms with van der Waals surface area (Å²) in [6, 6.07) is 8.01. The predicted octanol–water partition coefficient (Wildman–Crippen LogP) is 6.81. The van der Waals surface area contributed by atoms with E-state index in [1.165, 1.54) is 6.07 Å². The SMILES string of the molecule is C/C=C(\C=NC(C)C)c1cnc2ccc(/C(=C/NC)C(C)c3cc(Cl)c(F)cc3F)nc2c1. The summed E-state index contributed by atoms with van der Waals surface area (Å²) in [6.07, 6.45) is 7.38. The normalized spacial score (nSPS) is 13.8. The molecule has 0 aliphatic heterocycles. The number of pyridine rings is 2. The van der Waals surface area contributed by atoms with E-state index in [0.29, 0.717) is 11.2 Å². The highest BCUT2D eigenvalue weighted by molar-refractivity contribution is 6.30. The topological polar surface area (TPSA) is 50.2 Å². The maximum atomic E-state index is 14.6. The van der Waals surface area contributed by atoms with Crippen LogP contribution >= 0.6 is 11.6 Å². The largest absolute Gasteiger partial charge is 0.394 e. The molecule has 1 unspecified atom stereocenters. The lowest BCUT2D eigenvalue weighted by Crippen LogP contribution is -2.07. The first-order valence-electron chi connectivity index (χ1n) is 10.7. The number of benzene rings is 1. The van der Waals surface area contributed by atoms with Crippen LogP contribution in [-0.2, 0) is 0 Å². The molecule has 0 bridgehead atoms. The zero-order valence-electron chi connectivity index (χ0n) is 19.3. The molecule has 33 heavy (non-hydrogen) atoms. The molecule has 172 valence electrons. The summed E-state index contributed by atoms with van der Waals surface area (Å²) in [5.74, 6) is -1.87. The van der Waals surface area contributed by atoms with Gasteiger partial charge in [-0.05, 0) is 56.2 Å². The van der Waals surface area contributed by atoms with Gasteiger partial charge in [-0.1, -0.05) is 24.6 Å². The number of allylic oxidation sites excluding steroid dienone is 3. The standard InChI is InChI=1S/C26H27ClF2N4/c1-6-17(12-31-15(2)3)18-9-26-25(32-13-18)8-7-24(33-26)20(14-30-5)16(4)19-10-21(27)23(29)11-22(19)28/h6-16,30H,1-5H3/b17-6+,20-14+,31-12?. The van der Waals surface area contributed by atoms with Gasteiger partial charge in [0.15, 0.2) is 0 Å². The number of halogens is 3. The molecule has 0 spiro atoms. The van der Waals surface area contributed by atoms with Gasteiger partial charge in [0.2, 0.25) is 0 Å². The van der Waals surface area contributed by atoms with Crippen LogP contribution in [0.2, 0.25) is 5.02 Å². The molecule has 7 heteroatoms. The summed E-state index contributed by atoms with van der Waals surface area (Å²) in [5.41, 5.74) is 4.98. The second-order valence-electron chi connectivity index (χ2n) is 7.97. The third kappa shape index (κ3) is 5.63. The lowest BCUT2D eigenvalue weighted by Gasteiger charge is -2.18. The Balaban J connectivity index is 2.06. The Bertz CT molecular complexity index is 1250. The summed E-state index contributed by atoms with van der Waals surface area (Å²) < 4.78 is 28.2. The maximum absolute atomic E-state index is 14.6. The van der Waals surface area contributed by atoms with E-state index in [2.05, 4.69) is 15.3 Å². The number of fused-ring (bicyclic) bond motifs is 1. The highest BCUT2D eigenvalue weighted by Crippen LogP contribution is 2.35. The van der Waals surface area contributed by atoms with Crippen molar-refractivity contribution < 1.29 is 8.78 Å². The third-order valence-corrected chi connectivity index (χ3v) is 5.55. The van der Waals surface area contributed by atoms with Crippen LogP contribution in [0.5, 0.6) is 0 Å². The number of nitrogens with zero attached hydrogens (tertiary/aromatic N) is 3. The van der Waals surface area contributed by atoms with Gasteiger partial charge in [0.25, 0.3) is 0 Å². The predicted molar refractivity (Wildman–Crippen MR) is 134 cm³/mol. The Hall–Kier alpha value is -3.12. The average Bonchev–Trinajstić information content (AvgIpc) is 2.79. The van der Waals surface area contributed by atoms with Crippen LogP contribution in [0.15, 0.2) is 53.8 Å². The van der Waals surface area contributed by atoms with Gasteiger partial charge in [-0.15, -0.1) is 0 Å². The summed E-state index contributed by atoms with van der Waals surface area (Å²) in [7, 11) is 1.76. The van der Waals surface area contributed by atoms with Crippen LogP contribution in [0, 0.1) is 11.6 Å². The van der Waals surface area contributed by atoms with E-state index < -0.39 is 17.6 Å². The zero-order valence-corrected chi connectivity index (χ0v) is 20.1. The highest BCUT2D eigenvalue weighted by Gasteiger charge is 2.20. The highest BCUT2D eigenvalue weighted by atomic mass is 35.5. The van der Waals surface area contributed by atoms with E-state index in [1.54, 1.807) is 19.4 Å². The van der Waals surface area contributed by atoms with Crippen LogP contribution in [0.25, 0.3) is 22.2 Å². The minimum atomic E-state index is -0.785. The lowest BCUT2D eigenvalue weighted by molar-refractivity contribution is 0.570. The van der Waals surface area contributed by atoms with Crippen molar-refractivity contribution in [2.75, 3.05) is 7.05 Å². The summed E-state index contributed by atoms with van der Waals surface area (Å²) >= 11 is 5.93. The fourth-order valence-corrected chi connectivity index (χ4v) is 3.66. The Morgan fingerprint density at radius 1 is 1.09 bits per heavy atom. The van der Waals surface area contributed by atoms with E-state index in [4.69, 9.17) is 16.6 Å². The number of hydrogen-bond donors (Lipinski definition) is 1. The monoisotopic (exact) mass is 468 g/mol. The number of aromatic nitrogens is 2. The van der Waals surface area contributed by atoms with Crippen LogP contribution < -0.4 is 5.32 Å². The van der Waals surface area contributed by atoms with Gasteiger partial charge in [0.05, 0.1) is 21.7 Å². The van der Waals surface area contributed by atoms with Gasteiger partial charge in [0.1, 0.15) is 11.6 Å². The quantitative estimate of drug-likeness (QED) is 0.306. The van der Waals surface area contributed by atoms with E-state index in [-0.39, 0.29) is 16.6 Å². The Morgan fingerprint density at radius 3 is 2.52 bits per heavy atom. The molecule has 1 atom stereocenters. The second kappa shape index (κ2) is 10.7. The molecule has 4 nitrogen and oxygen atoms in total. The van der Waals surface area contributed by atoms with Gasteiger partial charge in [-0.3, -0.25) is 9.98 Å². The molecule has 0 saturated carbocycles. The molecular formula is C26H27ClF2N4. The Morgan fingerprint density at radius 2 is 1.85 bits per heavy atom. The fourth-order valence-electron chi connectivity index (χ4n) is 3.48. The zero-order chi connectivity index (χ0) is 24.1. The van der Waals surface area contributed by atoms with E-state index >= 15 is 0 Å². The summed E-state index contributed by atoms with van der Waals surface area (Å²) in [6.45, 7) is 7.82. The average molecular weight is 469 g/mol. The molecular weight excluding hydrogens is 442 g/mol. The molecule has 3 aromatic rings. The van der Waals surface area contributed by atoms with Crippen molar-refractivity contribution in [2.24, 2.45) is 4.99 Å². The number of rotatable bonds is 7. The molecule has 0 fully saturated rings. The van der Waals surface area contributed by atoms with Crippen LogP contribution in [0.4, 0.5) is 8.78 Å². The van der Waals surface area contributed by atoms with Crippen molar-refractivity contribution in [3.63, 3.8) is 0 Å². The minimum Gasteiger partial charge on any atom is -0.394 e. The Kier molecular flexibility index (Phi) is 7.92. The van der Waals surface area contributed by atoms with Crippen LogP contribution in [-0.4, -0.2) is 29.3 Å².